The van der Waals surface area contributed by atoms with Crippen molar-refractivity contribution >= 4 is 33.3 Å². The molecule has 8 heteroatoms. The van der Waals surface area contributed by atoms with Crippen LogP contribution in [0.3, 0.4) is 0 Å². The predicted octanol–water partition coefficient (Wildman–Crippen LogP) is 1.88. The minimum atomic E-state index is -3.08. The summed E-state index contributed by atoms with van der Waals surface area (Å²) in [4.78, 5) is 26.6. The van der Waals surface area contributed by atoms with Crippen LogP contribution in [0.2, 0.25) is 5.02 Å². The highest BCUT2D eigenvalue weighted by atomic mass is 35.5. The maximum atomic E-state index is 12.7. The first-order valence-corrected chi connectivity index (χ1v) is 10.5. The Labute approximate surface area is 153 Å². The van der Waals surface area contributed by atoms with E-state index in [2.05, 4.69) is 5.32 Å². The lowest BCUT2D eigenvalue weighted by atomic mass is 10.1. The first kappa shape index (κ1) is 19.7. The number of hydrogen-bond acceptors (Lipinski definition) is 4. The van der Waals surface area contributed by atoms with Gasteiger partial charge < -0.3 is 10.2 Å². The largest absolute Gasteiger partial charge is 0.341 e. The Bertz CT molecular complexity index is 734. The molecule has 2 rings (SSSR count). The van der Waals surface area contributed by atoms with Crippen LogP contribution in [0.1, 0.15) is 37.0 Å². The highest BCUT2D eigenvalue weighted by Gasteiger charge is 2.35. The summed E-state index contributed by atoms with van der Waals surface area (Å²) in [6.45, 7) is 4.02. The van der Waals surface area contributed by atoms with Crippen LogP contribution in [0.5, 0.6) is 0 Å². The van der Waals surface area contributed by atoms with Crippen LogP contribution in [0.15, 0.2) is 24.3 Å². The van der Waals surface area contributed by atoms with Gasteiger partial charge >= 0.3 is 0 Å². The van der Waals surface area contributed by atoms with E-state index in [0.29, 0.717) is 23.6 Å². The number of nitrogens with zero attached hydrogens (tertiary/aromatic N) is 1. The fourth-order valence-electron chi connectivity index (χ4n) is 2.93. The summed E-state index contributed by atoms with van der Waals surface area (Å²) in [5, 5.41) is 3.20. The fraction of sp³-hybridized carbons (Fsp3) is 0.529. The molecule has 1 saturated heterocycles. The highest BCUT2D eigenvalue weighted by molar-refractivity contribution is 7.91. The van der Waals surface area contributed by atoms with Crippen molar-refractivity contribution in [2.24, 2.45) is 0 Å². The molecule has 1 aliphatic rings. The lowest BCUT2D eigenvalue weighted by Gasteiger charge is -2.30. The van der Waals surface area contributed by atoms with E-state index in [-0.39, 0.29) is 29.4 Å². The molecule has 25 heavy (non-hydrogen) atoms. The molecule has 1 fully saturated rings. The van der Waals surface area contributed by atoms with Crippen LogP contribution in [-0.2, 0) is 14.6 Å². The molecule has 0 aliphatic carbocycles. The Morgan fingerprint density at radius 1 is 1.32 bits per heavy atom. The minimum Gasteiger partial charge on any atom is -0.341 e. The lowest BCUT2D eigenvalue weighted by molar-refractivity contribution is -0.134. The fourth-order valence-corrected chi connectivity index (χ4v) is 4.78. The molecular weight excluding hydrogens is 364 g/mol. The summed E-state index contributed by atoms with van der Waals surface area (Å²) in [5.74, 6) is -0.521. The van der Waals surface area contributed by atoms with Gasteiger partial charge in [-0.05, 0) is 44.0 Å². The van der Waals surface area contributed by atoms with Crippen molar-refractivity contribution in [3.63, 3.8) is 0 Å². The molecule has 0 saturated carbocycles. The second-order valence-electron chi connectivity index (χ2n) is 6.29. The van der Waals surface area contributed by atoms with Gasteiger partial charge in [0.05, 0.1) is 11.5 Å². The van der Waals surface area contributed by atoms with Gasteiger partial charge in [-0.15, -0.1) is 0 Å². The van der Waals surface area contributed by atoms with Gasteiger partial charge in [0.15, 0.2) is 9.84 Å². The van der Waals surface area contributed by atoms with Gasteiger partial charge in [0.25, 0.3) is 5.91 Å². The number of halogens is 1. The molecule has 138 valence electrons. The Hall–Kier alpha value is -1.60. The minimum absolute atomic E-state index is 0.00338. The average molecular weight is 387 g/mol. The second-order valence-corrected chi connectivity index (χ2v) is 8.96. The first-order chi connectivity index (χ1) is 11.7. The lowest BCUT2D eigenvalue weighted by Crippen LogP contribution is -2.51. The van der Waals surface area contributed by atoms with Crippen LogP contribution in [-0.4, -0.2) is 55.3 Å². The van der Waals surface area contributed by atoms with E-state index in [1.54, 1.807) is 36.1 Å². The maximum absolute atomic E-state index is 12.7. The zero-order valence-corrected chi connectivity index (χ0v) is 15.9. The van der Waals surface area contributed by atoms with Crippen molar-refractivity contribution < 1.29 is 18.0 Å². The van der Waals surface area contributed by atoms with Gasteiger partial charge in [0.1, 0.15) is 6.04 Å². The van der Waals surface area contributed by atoms with Crippen molar-refractivity contribution in [2.75, 3.05) is 18.1 Å². The summed E-state index contributed by atoms with van der Waals surface area (Å²) < 4.78 is 23.4. The van der Waals surface area contributed by atoms with Crippen LogP contribution in [0.25, 0.3) is 0 Å². The average Bonchev–Trinajstić information content (AvgIpc) is 2.92. The van der Waals surface area contributed by atoms with Crippen LogP contribution in [0, 0.1) is 0 Å². The monoisotopic (exact) mass is 386 g/mol. The van der Waals surface area contributed by atoms with Crippen molar-refractivity contribution in [3.05, 3.63) is 34.9 Å². The molecule has 1 aromatic rings. The number of hydrogen-bond donors (Lipinski definition) is 1. The quantitative estimate of drug-likeness (QED) is 0.809. The molecule has 2 atom stereocenters. The topological polar surface area (TPSA) is 83.6 Å². The van der Waals surface area contributed by atoms with Gasteiger partial charge in [0.2, 0.25) is 5.91 Å². The predicted molar refractivity (Wildman–Crippen MR) is 97.4 cm³/mol. The zero-order valence-electron chi connectivity index (χ0n) is 14.4. The van der Waals surface area contributed by atoms with Crippen molar-refractivity contribution in [1.29, 1.82) is 0 Å². The molecule has 0 bridgehead atoms. The van der Waals surface area contributed by atoms with Gasteiger partial charge in [0, 0.05) is 23.2 Å². The third-order valence-corrected chi connectivity index (χ3v) is 6.22. The molecule has 2 unspecified atom stereocenters. The van der Waals surface area contributed by atoms with Crippen LogP contribution >= 0.6 is 11.6 Å². The van der Waals surface area contributed by atoms with E-state index in [1.807, 2.05) is 6.92 Å². The standard InChI is InChI=1S/C17H23ClN2O4S/c1-3-9-20(15-8-10-25(23,24)11-15)17(22)12(2)19-16(21)13-4-6-14(18)7-5-13/h4-7,12,15H,3,8-11H2,1-2H3,(H,19,21). The summed E-state index contributed by atoms with van der Waals surface area (Å²) in [5.41, 5.74) is 0.412. The second kappa shape index (κ2) is 8.19. The third-order valence-electron chi connectivity index (χ3n) is 4.22. The molecular formula is C17H23ClN2O4S. The van der Waals surface area contributed by atoms with Crippen molar-refractivity contribution in [3.8, 4) is 0 Å². The number of benzene rings is 1. The van der Waals surface area contributed by atoms with E-state index in [4.69, 9.17) is 11.6 Å². The number of amides is 2. The Morgan fingerprint density at radius 3 is 2.48 bits per heavy atom. The Morgan fingerprint density at radius 2 is 1.96 bits per heavy atom. The van der Waals surface area contributed by atoms with E-state index in [1.165, 1.54) is 0 Å². The van der Waals surface area contributed by atoms with Gasteiger partial charge in [-0.1, -0.05) is 18.5 Å². The van der Waals surface area contributed by atoms with E-state index < -0.39 is 15.9 Å². The summed E-state index contributed by atoms with van der Waals surface area (Å²) in [6.07, 6.45) is 1.17. The van der Waals surface area contributed by atoms with Crippen LogP contribution < -0.4 is 5.32 Å². The van der Waals surface area contributed by atoms with E-state index >= 15 is 0 Å². The number of sulfone groups is 1. The molecule has 0 spiro atoms. The molecule has 1 heterocycles. The molecule has 1 aliphatic heterocycles. The molecule has 1 aromatic carbocycles. The van der Waals surface area contributed by atoms with Gasteiger partial charge in [-0.3, -0.25) is 9.59 Å². The highest BCUT2D eigenvalue weighted by Crippen LogP contribution is 2.19. The summed E-state index contributed by atoms with van der Waals surface area (Å²) in [6, 6.07) is 5.33. The number of rotatable bonds is 6. The summed E-state index contributed by atoms with van der Waals surface area (Å²) in [7, 11) is -3.08. The summed E-state index contributed by atoms with van der Waals surface area (Å²) >= 11 is 5.80. The van der Waals surface area contributed by atoms with Gasteiger partial charge in [-0.25, -0.2) is 8.42 Å². The first-order valence-electron chi connectivity index (χ1n) is 8.31. The molecule has 0 aromatic heterocycles. The van der Waals surface area contributed by atoms with Crippen molar-refractivity contribution in [1.82, 2.24) is 10.2 Å². The number of carbonyl (C=O) groups is 2. The maximum Gasteiger partial charge on any atom is 0.251 e. The zero-order chi connectivity index (χ0) is 18.6. The molecule has 1 N–H and O–H groups in total. The Kier molecular flexibility index (Phi) is 6.46. The molecule has 0 radical (unpaired) electrons. The van der Waals surface area contributed by atoms with E-state index in [9.17, 15) is 18.0 Å². The number of carbonyl (C=O) groups excluding carboxylic acids is 2. The van der Waals surface area contributed by atoms with Crippen LogP contribution in [0.4, 0.5) is 0 Å². The third kappa shape index (κ3) is 5.19. The Balaban J connectivity index is 2.05. The van der Waals surface area contributed by atoms with E-state index in [0.717, 1.165) is 6.42 Å². The molecule has 6 nitrogen and oxygen atoms in total. The smallest absolute Gasteiger partial charge is 0.251 e. The van der Waals surface area contributed by atoms with Gasteiger partial charge in [-0.2, -0.15) is 0 Å². The number of nitrogens with one attached hydrogen (secondary N) is 1. The van der Waals surface area contributed by atoms with Crippen molar-refractivity contribution in [2.45, 2.75) is 38.8 Å². The SMILES string of the molecule is CCCN(C(=O)C(C)NC(=O)c1ccc(Cl)cc1)C1CCS(=O)(=O)C1. The molecule has 2 amide bonds. The normalized spacial score (nSPS) is 20.0.